The molecule has 0 heterocycles. The van der Waals surface area contributed by atoms with Crippen LogP contribution in [0.4, 0.5) is 0 Å². The van der Waals surface area contributed by atoms with Crippen LogP contribution in [0, 0.1) is 0 Å². The first kappa shape index (κ1) is 16.0. The average molecular weight is 339 g/mol. The van der Waals surface area contributed by atoms with Crippen molar-refractivity contribution in [2.75, 3.05) is 0 Å². The molecule has 0 aliphatic heterocycles. The molecule has 24 heavy (non-hydrogen) atoms. The summed E-state index contributed by atoms with van der Waals surface area (Å²) in [5, 5.41) is 16.4. The predicted octanol–water partition coefficient (Wildman–Crippen LogP) is 4.35. The number of phenols is 1. The summed E-state index contributed by atoms with van der Waals surface area (Å²) in [6.45, 7) is 1.75. The number of nitrogens with zero attached hydrogens (tertiary/aromatic N) is 1. The van der Waals surface area contributed by atoms with E-state index >= 15 is 0 Å². The molecule has 3 aromatic carbocycles. The van der Waals surface area contributed by atoms with Crippen LogP contribution in [0.1, 0.15) is 22.8 Å². The molecule has 120 valence electrons. The maximum Gasteiger partial charge on any atom is 0.275 e. The third-order valence-corrected chi connectivity index (χ3v) is 4.03. The van der Waals surface area contributed by atoms with Crippen LogP contribution in [0.5, 0.6) is 5.75 Å². The highest BCUT2D eigenvalue weighted by Crippen LogP contribution is 2.25. The molecule has 1 amide bonds. The molecule has 0 unspecified atom stereocenters. The lowest BCUT2D eigenvalue weighted by atomic mass is 10.1. The summed E-state index contributed by atoms with van der Waals surface area (Å²) < 4.78 is 0. The van der Waals surface area contributed by atoms with E-state index < -0.39 is 5.91 Å². The smallest absolute Gasteiger partial charge is 0.275 e. The molecule has 0 bridgehead atoms. The molecule has 0 saturated carbocycles. The van der Waals surface area contributed by atoms with Crippen molar-refractivity contribution < 1.29 is 9.90 Å². The highest BCUT2D eigenvalue weighted by atomic mass is 35.5. The van der Waals surface area contributed by atoms with Crippen molar-refractivity contribution in [2.45, 2.75) is 6.92 Å². The molecule has 0 spiro atoms. The minimum atomic E-state index is -0.482. The zero-order chi connectivity index (χ0) is 17.1. The van der Waals surface area contributed by atoms with Crippen molar-refractivity contribution in [1.29, 1.82) is 0 Å². The summed E-state index contributed by atoms with van der Waals surface area (Å²) in [7, 11) is 0. The van der Waals surface area contributed by atoms with Crippen molar-refractivity contribution in [2.24, 2.45) is 5.10 Å². The van der Waals surface area contributed by atoms with Crippen LogP contribution in [0.2, 0.25) is 5.02 Å². The highest BCUT2D eigenvalue weighted by molar-refractivity contribution is 6.34. The third kappa shape index (κ3) is 3.24. The number of halogens is 1. The molecule has 0 aromatic heterocycles. The normalized spacial score (nSPS) is 11.5. The van der Waals surface area contributed by atoms with Gasteiger partial charge in [0, 0.05) is 10.6 Å². The van der Waals surface area contributed by atoms with Crippen molar-refractivity contribution in [3.05, 3.63) is 76.8 Å². The molecule has 0 radical (unpaired) electrons. The first-order valence-electron chi connectivity index (χ1n) is 7.37. The predicted molar refractivity (Wildman–Crippen MR) is 96.7 cm³/mol. The number of fused-ring (bicyclic) bond motifs is 1. The van der Waals surface area contributed by atoms with Crippen molar-refractivity contribution >= 4 is 34.0 Å². The molecule has 4 nitrogen and oxygen atoms in total. The van der Waals surface area contributed by atoms with Gasteiger partial charge in [0.15, 0.2) is 0 Å². The SMILES string of the molecule is CC(=NNC(=O)c1cc2ccccc2cc1O)c1ccccc1Cl. The summed E-state index contributed by atoms with van der Waals surface area (Å²) >= 11 is 6.11. The molecular weight excluding hydrogens is 324 g/mol. The Labute approximate surface area is 144 Å². The van der Waals surface area contributed by atoms with E-state index in [-0.39, 0.29) is 11.3 Å². The number of carbonyl (C=O) groups is 1. The van der Waals surface area contributed by atoms with E-state index in [1.807, 2.05) is 42.5 Å². The van der Waals surface area contributed by atoms with Gasteiger partial charge in [-0.1, -0.05) is 54.1 Å². The summed E-state index contributed by atoms with van der Waals surface area (Å²) in [6, 6.07) is 17.9. The maximum absolute atomic E-state index is 12.3. The number of phenolic OH excluding ortho intramolecular Hbond substituents is 1. The van der Waals surface area contributed by atoms with E-state index in [1.165, 1.54) is 0 Å². The van der Waals surface area contributed by atoms with Gasteiger partial charge >= 0.3 is 0 Å². The number of rotatable bonds is 3. The summed E-state index contributed by atoms with van der Waals surface area (Å²) in [5.41, 5.74) is 3.95. The quantitative estimate of drug-likeness (QED) is 0.551. The minimum absolute atomic E-state index is 0.0863. The second kappa shape index (κ2) is 6.72. The monoisotopic (exact) mass is 338 g/mol. The van der Waals surface area contributed by atoms with Gasteiger partial charge in [-0.25, -0.2) is 5.43 Å². The lowest BCUT2D eigenvalue weighted by Gasteiger charge is -2.07. The molecular formula is C19H15ClN2O2. The number of hydrogen-bond donors (Lipinski definition) is 2. The van der Waals surface area contributed by atoms with Crippen LogP contribution in [0.25, 0.3) is 10.8 Å². The second-order valence-corrected chi connectivity index (χ2v) is 5.74. The standard InChI is InChI=1S/C19H15ClN2O2/c1-12(15-8-4-5-9-17(15)20)21-22-19(24)16-10-13-6-2-3-7-14(13)11-18(16)23/h2-11,23H,1H3,(H,22,24). The van der Waals surface area contributed by atoms with Gasteiger partial charge < -0.3 is 5.11 Å². The molecule has 2 N–H and O–H groups in total. The Bertz CT molecular complexity index is 951. The lowest BCUT2D eigenvalue weighted by Crippen LogP contribution is -2.19. The number of aromatic hydroxyl groups is 1. The Balaban J connectivity index is 1.86. The van der Waals surface area contributed by atoms with E-state index in [2.05, 4.69) is 10.5 Å². The summed E-state index contributed by atoms with van der Waals surface area (Å²) in [4.78, 5) is 12.3. The highest BCUT2D eigenvalue weighted by Gasteiger charge is 2.12. The number of amides is 1. The maximum atomic E-state index is 12.3. The van der Waals surface area contributed by atoms with E-state index in [1.54, 1.807) is 25.1 Å². The number of hydrazone groups is 1. The Morgan fingerprint density at radius 1 is 1.00 bits per heavy atom. The molecule has 0 fully saturated rings. The fraction of sp³-hybridized carbons (Fsp3) is 0.0526. The Hall–Kier alpha value is -2.85. The van der Waals surface area contributed by atoms with Gasteiger partial charge in [-0.2, -0.15) is 5.10 Å². The lowest BCUT2D eigenvalue weighted by molar-refractivity contribution is 0.0952. The number of nitrogens with one attached hydrogen (secondary N) is 1. The molecule has 5 heteroatoms. The van der Waals surface area contributed by atoms with E-state index in [0.717, 1.165) is 16.3 Å². The third-order valence-electron chi connectivity index (χ3n) is 3.70. The van der Waals surface area contributed by atoms with Crippen LogP contribution < -0.4 is 5.43 Å². The Kier molecular flexibility index (Phi) is 4.49. The van der Waals surface area contributed by atoms with E-state index in [0.29, 0.717) is 10.7 Å². The number of benzene rings is 3. The van der Waals surface area contributed by atoms with Crippen LogP contribution in [0.3, 0.4) is 0 Å². The topological polar surface area (TPSA) is 61.7 Å². The number of hydrogen-bond acceptors (Lipinski definition) is 3. The summed E-state index contributed by atoms with van der Waals surface area (Å²) in [6.07, 6.45) is 0. The van der Waals surface area contributed by atoms with E-state index in [4.69, 9.17) is 11.6 Å². The molecule has 0 aliphatic rings. The zero-order valence-corrected chi connectivity index (χ0v) is 13.7. The van der Waals surface area contributed by atoms with Crippen LogP contribution in [-0.2, 0) is 0 Å². The Morgan fingerprint density at radius 3 is 2.33 bits per heavy atom. The first-order chi connectivity index (χ1) is 11.6. The van der Waals surface area contributed by atoms with E-state index in [9.17, 15) is 9.90 Å². The summed E-state index contributed by atoms with van der Waals surface area (Å²) in [5.74, 6) is -0.568. The zero-order valence-electron chi connectivity index (χ0n) is 13.0. The largest absolute Gasteiger partial charge is 0.507 e. The first-order valence-corrected chi connectivity index (χ1v) is 7.75. The molecule has 0 atom stereocenters. The number of carbonyl (C=O) groups excluding carboxylic acids is 1. The van der Waals surface area contributed by atoms with Gasteiger partial charge in [0.05, 0.1) is 11.3 Å². The van der Waals surface area contributed by atoms with Crippen LogP contribution in [0.15, 0.2) is 65.8 Å². The van der Waals surface area contributed by atoms with Crippen molar-refractivity contribution in [3.8, 4) is 5.75 Å². The average Bonchev–Trinajstić information content (AvgIpc) is 2.59. The van der Waals surface area contributed by atoms with Gasteiger partial charge in [0.1, 0.15) is 5.75 Å². The molecule has 0 aliphatic carbocycles. The van der Waals surface area contributed by atoms with Gasteiger partial charge in [0.2, 0.25) is 0 Å². The van der Waals surface area contributed by atoms with Gasteiger partial charge in [0.25, 0.3) is 5.91 Å². The Morgan fingerprint density at radius 2 is 1.62 bits per heavy atom. The van der Waals surface area contributed by atoms with Gasteiger partial charge in [-0.15, -0.1) is 0 Å². The van der Waals surface area contributed by atoms with Crippen LogP contribution >= 0.6 is 11.6 Å². The minimum Gasteiger partial charge on any atom is -0.507 e. The second-order valence-electron chi connectivity index (χ2n) is 5.33. The van der Waals surface area contributed by atoms with Gasteiger partial charge in [-0.3, -0.25) is 4.79 Å². The van der Waals surface area contributed by atoms with Crippen molar-refractivity contribution in [1.82, 2.24) is 5.43 Å². The van der Waals surface area contributed by atoms with Crippen LogP contribution in [-0.4, -0.2) is 16.7 Å². The fourth-order valence-electron chi connectivity index (χ4n) is 2.42. The molecule has 0 saturated heterocycles. The molecule has 3 aromatic rings. The molecule has 3 rings (SSSR count). The fourth-order valence-corrected chi connectivity index (χ4v) is 2.69. The van der Waals surface area contributed by atoms with Gasteiger partial charge in [-0.05, 0) is 35.9 Å². The van der Waals surface area contributed by atoms with Crippen molar-refractivity contribution in [3.63, 3.8) is 0 Å².